The molecule has 2 saturated heterocycles. The normalized spacial score (nSPS) is 22.8. The second-order valence-electron chi connectivity index (χ2n) is 9.29. The van der Waals surface area contributed by atoms with Crippen LogP contribution < -0.4 is 11.1 Å². The highest BCUT2D eigenvalue weighted by atomic mass is 32.2. The number of H-pyrrole nitrogens is 1. The molecule has 1 aromatic carbocycles. The molecule has 0 saturated carbocycles. The highest BCUT2D eigenvalue weighted by Gasteiger charge is 2.39. The number of hydrogen-bond acceptors (Lipinski definition) is 7. The third-order valence-electron chi connectivity index (χ3n) is 7.30. The number of likely N-dealkylation sites (tertiary alicyclic amines) is 1. The quantitative estimate of drug-likeness (QED) is 0.552. The first kappa shape index (κ1) is 24.8. The molecule has 1 amide bonds. The summed E-state index contributed by atoms with van der Waals surface area (Å²) in [6, 6.07) is 2.75. The van der Waals surface area contributed by atoms with Crippen LogP contribution in [0.4, 0.5) is 18.0 Å². The molecule has 2 aromatic rings. The molecule has 13 heteroatoms. The van der Waals surface area contributed by atoms with Gasteiger partial charge in [-0.1, -0.05) is 24.3 Å². The summed E-state index contributed by atoms with van der Waals surface area (Å²) in [4.78, 5) is 13.5. The van der Waals surface area contributed by atoms with E-state index < -0.39 is 32.7 Å². The average Bonchev–Trinajstić information content (AvgIpc) is 3.36. The number of nitrogens with zero attached hydrogens (tertiary/aromatic N) is 4. The van der Waals surface area contributed by atoms with Crippen LogP contribution in [0, 0.1) is 11.8 Å². The number of carbonyl (C=O) groups is 1. The van der Waals surface area contributed by atoms with Gasteiger partial charge in [0, 0.05) is 24.7 Å². The second-order valence-corrected chi connectivity index (χ2v) is 10.6. The number of aromatic amines is 1. The molecule has 0 radical (unpaired) electrons. The first-order chi connectivity index (χ1) is 17.2. The number of tetrazole rings is 1. The number of alkyl halides is 3. The van der Waals surface area contributed by atoms with Crippen molar-refractivity contribution in [3.8, 4) is 11.4 Å². The Labute approximate surface area is 207 Å². The third kappa shape index (κ3) is 4.74. The Hall–Kier alpha value is -2.90. The van der Waals surface area contributed by atoms with Gasteiger partial charge in [0.1, 0.15) is 10.8 Å². The van der Waals surface area contributed by atoms with Gasteiger partial charge >= 0.3 is 11.4 Å². The van der Waals surface area contributed by atoms with Crippen LogP contribution in [0.3, 0.4) is 0 Å². The Kier molecular flexibility index (Phi) is 6.79. The summed E-state index contributed by atoms with van der Waals surface area (Å²) in [5, 5.41) is 15.2. The van der Waals surface area contributed by atoms with E-state index in [0.29, 0.717) is 29.0 Å². The molecule has 9 nitrogen and oxygen atoms in total. The lowest BCUT2D eigenvalue weighted by Gasteiger charge is -2.43. The van der Waals surface area contributed by atoms with Crippen molar-refractivity contribution in [3.63, 3.8) is 0 Å². The second kappa shape index (κ2) is 9.87. The third-order valence-corrected chi connectivity index (χ3v) is 8.46. The molecule has 2 unspecified atom stereocenters. The van der Waals surface area contributed by atoms with Crippen LogP contribution in [-0.4, -0.2) is 67.2 Å². The smallest absolute Gasteiger partial charge is 0.358 e. The van der Waals surface area contributed by atoms with Crippen molar-refractivity contribution in [1.29, 1.82) is 0 Å². The molecule has 36 heavy (non-hydrogen) atoms. The van der Waals surface area contributed by atoms with Gasteiger partial charge in [0.25, 0.3) is 0 Å². The minimum atomic E-state index is -4.87. The number of nitrogens with one attached hydrogen (secondary N) is 2. The zero-order chi connectivity index (χ0) is 25.4. The number of carbonyl (C=O) groups excluding carboxylic acids is 1. The Morgan fingerprint density at radius 2 is 1.94 bits per heavy atom. The van der Waals surface area contributed by atoms with Gasteiger partial charge in [0.05, 0.1) is 10.5 Å². The Morgan fingerprint density at radius 3 is 2.47 bits per heavy atom. The molecule has 1 aliphatic carbocycles. The fourth-order valence-electron chi connectivity index (χ4n) is 5.26. The Bertz CT molecular complexity index is 1220. The van der Waals surface area contributed by atoms with Gasteiger partial charge in [0.2, 0.25) is 5.82 Å². The molecule has 3 aliphatic rings. The van der Waals surface area contributed by atoms with Crippen LogP contribution in [0.25, 0.3) is 17.0 Å². The fourth-order valence-corrected chi connectivity index (χ4v) is 6.23. The maximum absolute atomic E-state index is 13.8. The Balaban J connectivity index is 1.45. The maximum atomic E-state index is 13.8. The molecule has 2 aliphatic heterocycles. The lowest BCUT2D eigenvalue weighted by atomic mass is 9.78. The molecule has 2 atom stereocenters. The Morgan fingerprint density at radius 1 is 1.19 bits per heavy atom. The fraction of sp³-hybridized carbons (Fsp3) is 0.478. The highest BCUT2D eigenvalue weighted by molar-refractivity contribution is 8.00. The predicted molar refractivity (Wildman–Crippen MR) is 127 cm³/mol. The number of hydrogen-bond donors (Lipinski definition) is 3. The maximum Gasteiger partial charge on any atom is 0.417 e. The molecule has 0 bridgehead atoms. The summed E-state index contributed by atoms with van der Waals surface area (Å²) in [6.07, 6.45) is 4.00. The molecule has 1 aromatic heterocycles. The van der Waals surface area contributed by atoms with Gasteiger partial charge < -0.3 is 11.1 Å². The van der Waals surface area contributed by atoms with Crippen LogP contribution in [0.15, 0.2) is 35.3 Å². The zero-order valence-corrected chi connectivity index (χ0v) is 20.1. The van der Waals surface area contributed by atoms with Crippen molar-refractivity contribution < 1.29 is 22.2 Å². The topological polar surface area (TPSA) is 130 Å². The minimum absolute atomic E-state index is 0.174. The number of rotatable bonds is 5. The van der Waals surface area contributed by atoms with Gasteiger partial charge in [0.15, 0.2) is 0 Å². The lowest BCUT2D eigenvalue weighted by molar-refractivity contribution is -0.139. The predicted octanol–water partition coefficient (Wildman–Crippen LogP) is 2.72. The number of halogens is 3. The summed E-state index contributed by atoms with van der Waals surface area (Å²) in [6.45, 7) is 4.25. The molecule has 192 valence electrons. The molecule has 3 heterocycles. The van der Waals surface area contributed by atoms with E-state index >= 15 is 0 Å². The van der Waals surface area contributed by atoms with E-state index in [1.165, 1.54) is 6.07 Å². The average molecular weight is 522 g/mol. The molecular weight excluding hydrogens is 495 g/mol. The molecule has 2 fully saturated rings. The van der Waals surface area contributed by atoms with E-state index in [0.717, 1.165) is 51.5 Å². The monoisotopic (exact) mass is 521 g/mol. The highest BCUT2D eigenvalue weighted by Crippen LogP contribution is 2.43. The molecule has 0 spiro atoms. The van der Waals surface area contributed by atoms with E-state index in [-0.39, 0.29) is 11.4 Å². The van der Waals surface area contributed by atoms with Crippen molar-refractivity contribution in [3.05, 3.63) is 41.5 Å². The first-order valence-corrected chi connectivity index (χ1v) is 12.9. The standard InChI is InChI=1S/C23H26F3N7O2S/c24-23(25,26)18-6-5-17(19(21-29-31-32-30-21)20(18)36(35)22(27)34)15-3-1-13(2-4-15)14-7-9-33(10-8-14)16-11-28-12-16/h1,3-6,13-14,16,28H,2,7-12H2,(H2,27,34)(H,29,30,31,32). The van der Waals surface area contributed by atoms with E-state index in [1.54, 1.807) is 0 Å². The van der Waals surface area contributed by atoms with Crippen molar-refractivity contribution >= 4 is 21.6 Å². The molecule has 4 N–H and O–H groups in total. The van der Waals surface area contributed by atoms with E-state index in [1.807, 2.05) is 12.2 Å². The van der Waals surface area contributed by atoms with Gasteiger partial charge in [-0.05, 0) is 66.6 Å². The van der Waals surface area contributed by atoms with Crippen LogP contribution in [0.2, 0.25) is 0 Å². The van der Waals surface area contributed by atoms with Crippen molar-refractivity contribution in [2.24, 2.45) is 17.6 Å². The number of aromatic nitrogens is 4. The number of piperidine rings is 1. The number of primary amides is 1. The summed E-state index contributed by atoms with van der Waals surface area (Å²) >= 11 is 0. The zero-order valence-electron chi connectivity index (χ0n) is 19.3. The minimum Gasteiger partial charge on any atom is -0.358 e. The number of nitrogens with two attached hydrogens (primary N) is 1. The van der Waals surface area contributed by atoms with E-state index in [4.69, 9.17) is 5.73 Å². The summed E-state index contributed by atoms with van der Waals surface area (Å²) in [5.74, 6) is 0.665. The number of amides is 1. The van der Waals surface area contributed by atoms with Crippen LogP contribution in [-0.2, 0) is 17.0 Å². The molecule has 5 rings (SSSR count). The van der Waals surface area contributed by atoms with Crippen LogP contribution >= 0.6 is 0 Å². The van der Waals surface area contributed by atoms with Gasteiger partial charge in [-0.15, -0.1) is 10.2 Å². The van der Waals surface area contributed by atoms with E-state index in [9.17, 15) is 22.2 Å². The van der Waals surface area contributed by atoms with Gasteiger partial charge in [-0.25, -0.2) is 4.21 Å². The van der Waals surface area contributed by atoms with Crippen LogP contribution in [0.1, 0.15) is 30.4 Å². The van der Waals surface area contributed by atoms with Crippen molar-refractivity contribution in [2.45, 2.75) is 36.4 Å². The summed E-state index contributed by atoms with van der Waals surface area (Å²) in [5.41, 5.74) is 4.73. The summed E-state index contributed by atoms with van der Waals surface area (Å²) < 4.78 is 54.3. The van der Waals surface area contributed by atoms with Gasteiger partial charge in [-0.3, -0.25) is 9.69 Å². The first-order valence-electron chi connectivity index (χ1n) is 11.8. The molecular formula is C23H26F3N7O2S. The van der Waals surface area contributed by atoms with Crippen LogP contribution in [0.5, 0.6) is 0 Å². The van der Waals surface area contributed by atoms with Crippen molar-refractivity contribution in [2.75, 3.05) is 26.2 Å². The lowest BCUT2D eigenvalue weighted by Crippen LogP contribution is -2.58. The largest absolute Gasteiger partial charge is 0.417 e. The van der Waals surface area contributed by atoms with E-state index in [2.05, 4.69) is 36.9 Å². The SMILES string of the molecule is NC(=O)S(=O)c1c(C(F)(F)F)ccc(C2=CCC(C3CCN(C4CNC4)CC3)C=C2)c1-c1nn[nH]n1. The number of allylic oxidation sites excluding steroid dienone is 4. The summed E-state index contributed by atoms with van der Waals surface area (Å²) in [7, 11) is -2.78. The number of benzene rings is 1. The van der Waals surface area contributed by atoms with Gasteiger partial charge in [-0.2, -0.15) is 18.4 Å². The van der Waals surface area contributed by atoms with Crippen molar-refractivity contribution in [1.82, 2.24) is 30.8 Å².